The Bertz CT molecular complexity index is 617. The number of rotatable bonds is 6. The van der Waals surface area contributed by atoms with Gasteiger partial charge in [0.1, 0.15) is 17.6 Å². The van der Waals surface area contributed by atoms with E-state index in [1.807, 2.05) is 19.1 Å². The van der Waals surface area contributed by atoms with Crippen LogP contribution >= 0.6 is 12.4 Å². The molecule has 0 bridgehead atoms. The Labute approximate surface area is 162 Å². The van der Waals surface area contributed by atoms with Gasteiger partial charge < -0.3 is 20.1 Å². The van der Waals surface area contributed by atoms with Crippen LogP contribution in [-0.2, 0) is 11.2 Å². The van der Waals surface area contributed by atoms with Gasteiger partial charge in [-0.2, -0.15) is 0 Å². The number of hydrogen-bond acceptors (Lipinski definition) is 4. The molecular weight excluding hydrogens is 352 g/mol. The maximum Gasteiger partial charge on any atom is 0.224 e. The summed E-state index contributed by atoms with van der Waals surface area (Å²) in [5, 5.41) is 6.43. The third-order valence-electron chi connectivity index (χ3n) is 5.27. The second kappa shape index (κ2) is 9.47. The number of carbonyl (C=O) groups excluding carboxylic acids is 1. The zero-order chi connectivity index (χ0) is 17.8. The Morgan fingerprint density at radius 2 is 2.12 bits per heavy atom. The van der Waals surface area contributed by atoms with Gasteiger partial charge >= 0.3 is 0 Å². The average molecular weight is 383 g/mol. The highest BCUT2D eigenvalue weighted by Crippen LogP contribution is 2.38. The second-order valence-electron chi connectivity index (χ2n) is 7.34. The Morgan fingerprint density at radius 3 is 2.81 bits per heavy atom. The molecule has 1 fully saturated rings. The number of carbonyl (C=O) groups is 1. The zero-order valence-electron chi connectivity index (χ0n) is 16.0. The number of anilines is 1. The number of halogens is 1. The molecule has 2 aliphatic heterocycles. The molecule has 1 amide bonds. The highest BCUT2D eigenvalue weighted by Gasteiger charge is 2.25. The summed E-state index contributed by atoms with van der Waals surface area (Å²) in [6.07, 6.45) is 3.92. The highest BCUT2D eigenvalue weighted by atomic mass is 35.5. The SMILES string of the molecule is CCOc1cc2c(cc1NC(=O)CC(C)C1CCNCC1)OC(C)C2.Cl. The van der Waals surface area contributed by atoms with E-state index in [1.54, 1.807) is 0 Å². The summed E-state index contributed by atoms with van der Waals surface area (Å²) in [7, 11) is 0. The van der Waals surface area contributed by atoms with E-state index in [0.717, 1.165) is 55.1 Å². The summed E-state index contributed by atoms with van der Waals surface area (Å²) in [5.41, 5.74) is 1.87. The van der Waals surface area contributed by atoms with E-state index >= 15 is 0 Å². The number of piperidine rings is 1. The van der Waals surface area contributed by atoms with Gasteiger partial charge in [0.05, 0.1) is 12.3 Å². The first-order chi connectivity index (χ1) is 12.1. The summed E-state index contributed by atoms with van der Waals surface area (Å²) in [6.45, 7) is 8.89. The summed E-state index contributed by atoms with van der Waals surface area (Å²) in [5.74, 6) is 2.67. The molecule has 3 rings (SSSR count). The van der Waals surface area contributed by atoms with Gasteiger partial charge in [-0.1, -0.05) is 6.92 Å². The molecular formula is C20H31ClN2O3. The van der Waals surface area contributed by atoms with Gasteiger partial charge in [0, 0.05) is 24.5 Å². The Morgan fingerprint density at radius 1 is 1.38 bits per heavy atom. The van der Waals surface area contributed by atoms with Crippen LogP contribution in [0.1, 0.15) is 45.6 Å². The van der Waals surface area contributed by atoms with Crippen LogP contribution in [0, 0.1) is 11.8 Å². The first-order valence-corrected chi connectivity index (χ1v) is 9.53. The lowest BCUT2D eigenvalue weighted by atomic mass is 9.84. The first-order valence-electron chi connectivity index (χ1n) is 9.53. The number of fused-ring (bicyclic) bond motifs is 1. The highest BCUT2D eigenvalue weighted by molar-refractivity contribution is 5.93. The standard InChI is InChI=1S/C20H30N2O3.ClH/c1-4-24-19-11-16-10-14(3)25-18(16)12-17(19)22-20(23)9-13(2)15-5-7-21-8-6-15;/h11-15,21H,4-10H2,1-3H3,(H,22,23);1H. The van der Waals surface area contributed by atoms with Crippen molar-refractivity contribution < 1.29 is 14.3 Å². The maximum atomic E-state index is 12.6. The van der Waals surface area contributed by atoms with Crippen molar-refractivity contribution in [1.29, 1.82) is 0 Å². The van der Waals surface area contributed by atoms with Gasteiger partial charge in [-0.15, -0.1) is 12.4 Å². The van der Waals surface area contributed by atoms with Crippen LogP contribution in [0.15, 0.2) is 12.1 Å². The van der Waals surface area contributed by atoms with E-state index in [1.165, 1.54) is 0 Å². The molecule has 0 aromatic heterocycles. The van der Waals surface area contributed by atoms with Crippen molar-refractivity contribution in [2.45, 2.75) is 52.6 Å². The van der Waals surface area contributed by atoms with E-state index in [-0.39, 0.29) is 24.4 Å². The van der Waals surface area contributed by atoms with Crippen molar-refractivity contribution in [3.05, 3.63) is 17.7 Å². The largest absolute Gasteiger partial charge is 0.492 e. The van der Waals surface area contributed by atoms with Crippen molar-refractivity contribution in [1.82, 2.24) is 5.32 Å². The van der Waals surface area contributed by atoms with Crippen LogP contribution < -0.4 is 20.1 Å². The summed E-state index contributed by atoms with van der Waals surface area (Å²) in [6, 6.07) is 3.92. The summed E-state index contributed by atoms with van der Waals surface area (Å²) < 4.78 is 11.6. The molecule has 0 radical (unpaired) electrons. The summed E-state index contributed by atoms with van der Waals surface area (Å²) >= 11 is 0. The van der Waals surface area contributed by atoms with Crippen LogP contribution in [0.4, 0.5) is 5.69 Å². The topological polar surface area (TPSA) is 59.6 Å². The molecule has 26 heavy (non-hydrogen) atoms. The maximum absolute atomic E-state index is 12.6. The molecule has 5 nitrogen and oxygen atoms in total. The van der Waals surface area contributed by atoms with E-state index in [2.05, 4.69) is 24.5 Å². The van der Waals surface area contributed by atoms with Crippen molar-refractivity contribution in [3.8, 4) is 11.5 Å². The molecule has 2 N–H and O–H groups in total. The molecule has 2 atom stereocenters. The van der Waals surface area contributed by atoms with Gasteiger partial charge in [-0.3, -0.25) is 4.79 Å². The minimum absolute atomic E-state index is 0. The molecule has 2 aliphatic rings. The van der Waals surface area contributed by atoms with Gasteiger partial charge in [-0.05, 0) is 57.7 Å². The lowest BCUT2D eigenvalue weighted by molar-refractivity contribution is -0.117. The van der Waals surface area contributed by atoms with Gasteiger partial charge in [0.15, 0.2) is 0 Å². The minimum Gasteiger partial charge on any atom is -0.492 e. The molecule has 2 heterocycles. The lowest BCUT2D eigenvalue weighted by Crippen LogP contribution is -2.32. The van der Waals surface area contributed by atoms with E-state index in [0.29, 0.717) is 24.9 Å². The number of nitrogens with one attached hydrogen (secondary N) is 2. The Kier molecular flexibility index (Phi) is 7.59. The van der Waals surface area contributed by atoms with Crippen molar-refractivity contribution in [2.24, 2.45) is 11.8 Å². The number of amides is 1. The Hall–Kier alpha value is -1.46. The number of benzene rings is 1. The normalized spacial score (nSPS) is 20.5. The predicted molar refractivity (Wildman–Crippen MR) is 107 cm³/mol. The van der Waals surface area contributed by atoms with E-state index in [9.17, 15) is 4.79 Å². The van der Waals surface area contributed by atoms with Gasteiger partial charge in [0.25, 0.3) is 0 Å². The third kappa shape index (κ3) is 5.04. The molecule has 1 aromatic carbocycles. The molecule has 146 valence electrons. The lowest BCUT2D eigenvalue weighted by Gasteiger charge is -2.28. The molecule has 2 unspecified atom stereocenters. The fraction of sp³-hybridized carbons (Fsp3) is 0.650. The molecule has 6 heteroatoms. The quantitative estimate of drug-likeness (QED) is 0.785. The van der Waals surface area contributed by atoms with Crippen LogP contribution in [0.2, 0.25) is 0 Å². The van der Waals surface area contributed by atoms with Gasteiger partial charge in [-0.25, -0.2) is 0 Å². The second-order valence-corrected chi connectivity index (χ2v) is 7.34. The fourth-order valence-corrected chi connectivity index (χ4v) is 3.89. The van der Waals surface area contributed by atoms with Crippen molar-refractivity contribution in [2.75, 3.05) is 25.0 Å². The van der Waals surface area contributed by atoms with Crippen LogP contribution in [0.3, 0.4) is 0 Å². The van der Waals surface area contributed by atoms with Crippen molar-refractivity contribution in [3.63, 3.8) is 0 Å². The third-order valence-corrected chi connectivity index (χ3v) is 5.27. The first kappa shape index (κ1) is 20.8. The predicted octanol–water partition coefficient (Wildman–Crippen LogP) is 3.79. The number of ether oxygens (including phenoxy) is 2. The Balaban J connectivity index is 0.00000243. The van der Waals surface area contributed by atoms with Crippen LogP contribution in [-0.4, -0.2) is 31.7 Å². The molecule has 0 spiro atoms. The summed E-state index contributed by atoms with van der Waals surface area (Å²) in [4.78, 5) is 12.6. The van der Waals surface area contributed by atoms with E-state index < -0.39 is 0 Å². The van der Waals surface area contributed by atoms with Crippen molar-refractivity contribution >= 4 is 24.0 Å². The molecule has 1 aromatic rings. The smallest absolute Gasteiger partial charge is 0.224 e. The molecule has 1 saturated heterocycles. The van der Waals surface area contributed by atoms with Crippen LogP contribution in [0.5, 0.6) is 11.5 Å². The van der Waals surface area contributed by atoms with Gasteiger partial charge in [0.2, 0.25) is 5.91 Å². The molecule has 0 aliphatic carbocycles. The molecule has 0 saturated carbocycles. The number of hydrogen-bond donors (Lipinski definition) is 2. The van der Waals surface area contributed by atoms with Crippen LogP contribution in [0.25, 0.3) is 0 Å². The fourth-order valence-electron chi connectivity index (χ4n) is 3.89. The minimum atomic E-state index is 0. The zero-order valence-corrected chi connectivity index (χ0v) is 16.8. The average Bonchev–Trinajstić information content (AvgIpc) is 2.95. The monoisotopic (exact) mass is 382 g/mol. The van der Waals surface area contributed by atoms with E-state index in [4.69, 9.17) is 9.47 Å².